The molecule has 0 amide bonds. The molecule has 4 heteroatoms. The van der Waals surface area contributed by atoms with Crippen molar-refractivity contribution in [2.24, 2.45) is 0 Å². The van der Waals surface area contributed by atoms with Crippen LogP contribution in [-0.4, -0.2) is 12.0 Å². The van der Waals surface area contributed by atoms with Gasteiger partial charge in [0, 0.05) is 6.42 Å². The van der Waals surface area contributed by atoms with Crippen LogP contribution in [0, 0.1) is 0 Å². The van der Waals surface area contributed by atoms with Gasteiger partial charge < -0.3 is 0 Å². The summed E-state index contributed by atoms with van der Waals surface area (Å²) < 4.78 is 36.0. The number of rotatable bonds is 16. The van der Waals surface area contributed by atoms with E-state index in [1.54, 1.807) is 0 Å². The molecular weight excluding hydrogens is 313 g/mol. The van der Waals surface area contributed by atoms with Crippen molar-refractivity contribution in [3.63, 3.8) is 0 Å². The standard InChI is InChI=1S/C20H35F3O/c1-2-3-4-5-6-7-8-9-10-11-12-13-14-15-16-17-18-19(24)20(21,22)23/h5-6H,2-4,7-18H2,1H3/b6-5-. The van der Waals surface area contributed by atoms with Gasteiger partial charge in [0.2, 0.25) is 5.78 Å². The second-order valence-electron chi connectivity index (χ2n) is 6.61. The van der Waals surface area contributed by atoms with Gasteiger partial charge in [-0.2, -0.15) is 13.2 Å². The first-order valence-electron chi connectivity index (χ1n) is 9.73. The molecule has 0 aliphatic carbocycles. The molecule has 0 atom stereocenters. The number of allylic oxidation sites excluding steroid dienone is 2. The number of alkyl halides is 3. The Bertz CT molecular complexity index is 321. The summed E-state index contributed by atoms with van der Waals surface area (Å²) in [4.78, 5) is 10.7. The Balaban J connectivity index is 3.18. The largest absolute Gasteiger partial charge is 0.449 e. The lowest BCUT2D eigenvalue weighted by Gasteiger charge is -2.05. The predicted octanol–water partition coefficient (Wildman–Crippen LogP) is 7.55. The minimum atomic E-state index is -4.65. The van der Waals surface area contributed by atoms with E-state index in [0.29, 0.717) is 6.42 Å². The highest BCUT2D eigenvalue weighted by Gasteiger charge is 2.36. The van der Waals surface area contributed by atoms with E-state index in [9.17, 15) is 18.0 Å². The third kappa shape index (κ3) is 16.1. The maximum Gasteiger partial charge on any atom is 0.449 e. The van der Waals surface area contributed by atoms with Gasteiger partial charge in [-0.1, -0.05) is 83.3 Å². The van der Waals surface area contributed by atoms with Crippen molar-refractivity contribution < 1.29 is 18.0 Å². The average molecular weight is 348 g/mol. The summed E-state index contributed by atoms with van der Waals surface area (Å²) in [5.74, 6) is -1.58. The van der Waals surface area contributed by atoms with E-state index >= 15 is 0 Å². The maximum absolute atomic E-state index is 12.0. The molecule has 0 fully saturated rings. The quantitative estimate of drug-likeness (QED) is 0.208. The Kier molecular flexibility index (Phi) is 15.2. The molecule has 142 valence electrons. The Morgan fingerprint density at radius 3 is 1.58 bits per heavy atom. The van der Waals surface area contributed by atoms with E-state index in [2.05, 4.69) is 19.1 Å². The van der Waals surface area contributed by atoms with Gasteiger partial charge in [-0.25, -0.2) is 0 Å². The number of carbonyl (C=O) groups excluding carboxylic acids is 1. The highest BCUT2D eigenvalue weighted by atomic mass is 19.4. The topological polar surface area (TPSA) is 17.1 Å². The minimum absolute atomic E-state index is 0.351. The van der Waals surface area contributed by atoms with Crippen molar-refractivity contribution in [3.05, 3.63) is 12.2 Å². The molecule has 0 heterocycles. The lowest BCUT2D eigenvalue weighted by molar-refractivity contribution is -0.171. The van der Waals surface area contributed by atoms with Crippen molar-refractivity contribution in [1.29, 1.82) is 0 Å². The van der Waals surface area contributed by atoms with Gasteiger partial charge in [-0.3, -0.25) is 4.79 Å². The fraction of sp³-hybridized carbons (Fsp3) is 0.850. The van der Waals surface area contributed by atoms with Crippen molar-refractivity contribution in [2.75, 3.05) is 0 Å². The Labute approximate surface area is 146 Å². The molecule has 0 aliphatic rings. The third-order valence-electron chi connectivity index (χ3n) is 4.23. The second-order valence-corrected chi connectivity index (χ2v) is 6.61. The minimum Gasteiger partial charge on any atom is -0.290 e. The smallest absolute Gasteiger partial charge is 0.290 e. The molecule has 0 saturated carbocycles. The molecule has 0 saturated heterocycles. The Morgan fingerprint density at radius 1 is 0.708 bits per heavy atom. The van der Waals surface area contributed by atoms with Crippen molar-refractivity contribution >= 4 is 5.78 Å². The SMILES string of the molecule is CCCC/C=C\CCCCCCCCCCCCC(=O)C(F)(F)F. The predicted molar refractivity (Wildman–Crippen MR) is 95.1 cm³/mol. The van der Waals surface area contributed by atoms with Crippen LogP contribution in [-0.2, 0) is 4.79 Å². The summed E-state index contributed by atoms with van der Waals surface area (Å²) in [6.45, 7) is 2.21. The lowest BCUT2D eigenvalue weighted by Crippen LogP contribution is -2.22. The molecule has 0 aromatic heterocycles. The first-order valence-corrected chi connectivity index (χ1v) is 9.73. The molecule has 0 bridgehead atoms. The summed E-state index contributed by atoms with van der Waals surface area (Å²) in [7, 11) is 0. The highest BCUT2D eigenvalue weighted by Crippen LogP contribution is 2.20. The van der Waals surface area contributed by atoms with E-state index in [4.69, 9.17) is 0 Å². The monoisotopic (exact) mass is 348 g/mol. The van der Waals surface area contributed by atoms with Crippen LogP contribution in [0.4, 0.5) is 13.2 Å². The van der Waals surface area contributed by atoms with Crippen LogP contribution in [0.5, 0.6) is 0 Å². The zero-order valence-corrected chi connectivity index (χ0v) is 15.3. The molecular formula is C20H35F3O. The first kappa shape index (κ1) is 23.2. The Hall–Kier alpha value is -0.800. The number of carbonyl (C=O) groups is 1. The number of hydrogen-bond acceptors (Lipinski definition) is 1. The molecule has 24 heavy (non-hydrogen) atoms. The van der Waals surface area contributed by atoms with Gasteiger partial charge in [0.1, 0.15) is 0 Å². The fourth-order valence-corrected chi connectivity index (χ4v) is 2.66. The van der Waals surface area contributed by atoms with Crippen LogP contribution >= 0.6 is 0 Å². The zero-order valence-electron chi connectivity index (χ0n) is 15.3. The van der Waals surface area contributed by atoms with Crippen LogP contribution in [0.1, 0.15) is 103 Å². The van der Waals surface area contributed by atoms with Crippen LogP contribution < -0.4 is 0 Å². The molecule has 0 aliphatic heterocycles. The maximum atomic E-state index is 12.0. The number of unbranched alkanes of at least 4 members (excludes halogenated alkanes) is 12. The van der Waals surface area contributed by atoms with Crippen molar-refractivity contribution in [1.82, 2.24) is 0 Å². The van der Waals surface area contributed by atoms with Gasteiger partial charge in [-0.15, -0.1) is 0 Å². The summed E-state index contributed by atoms with van der Waals surface area (Å²) in [6.07, 6.45) is 15.1. The summed E-state index contributed by atoms with van der Waals surface area (Å²) >= 11 is 0. The van der Waals surface area contributed by atoms with Gasteiger partial charge in [-0.05, 0) is 25.7 Å². The molecule has 1 nitrogen and oxygen atoms in total. The highest BCUT2D eigenvalue weighted by molar-refractivity contribution is 5.83. The third-order valence-corrected chi connectivity index (χ3v) is 4.23. The van der Waals surface area contributed by atoms with Gasteiger partial charge >= 0.3 is 6.18 Å². The van der Waals surface area contributed by atoms with E-state index in [1.807, 2.05) is 0 Å². The van der Waals surface area contributed by atoms with E-state index < -0.39 is 12.0 Å². The molecule has 0 aromatic carbocycles. The van der Waals surface area contributed by atoms with E-state index in [-0.39, 0.29) is 6.42 Å². The fourth-order valence-electron chi connectivity index (χ4n) is 2.66. The second kappa shape index (κ2) is 15.7. The molecule has 0 N–H and O–H groups in total. The summed E-state index contributed by atoms with van der Waals surface area (Å²) in [5, 5.41) is 0. The number of halogens is 3. The van der Waals surface area contributed by atoms with Crippen LogP contribution in [0.15, 0.2) is 12.2 Å². The van der Waals surface area contributed by atoms with Crippen LogP contribution in [0.2, 0.25) is 0 Å². The zero-order chi connectivity index (χ0) is 18.1. The molecule has 0 unspecified atom stereocenters. The summed E-state index contributed by atoms with van der Waals surface area (Å²) in [6, 6.07) is 0. The van der Waals surface area contributed by atoms with E-state index in [0.717, 1.165) is 25.7 Å². The molecule has 0 aromatic rings. The number of Topliss-reactive ketones (excluding diaryl/α,β-unsaturated/α-hetero) is 1. The molecule has 0 rings (SSSR count). The van der Waals surface area contributed by atoms with Gasteiger partial charge in [0.25, 0.3) is 0 Å². The number of ketones is 1. The average Bonchev–Trinajstić information content (AvgIpc) is 2.53. The molecule has 0 radical (unpaired) electrons. The normalized spacial score (nSPS) is 12.2. The van der Waals surface area contributed by atoms with E-state index in [1.165, 1.54) is 57.8 Å². The van der Waals surface area contributed by atoms with Gasteiger partial charge in [0.05, 0.1) is 0 Å². The summed E-state index contributed by atoms with van der Waals surface area (Å²) in [5.41, 5.74) is 0. The molecule has 0 spiro atoms. The Morgan fingerprint density at radius 2 is 1.12 bits per heavy atom. The van der Waals surface area contributed by atoms with Crippen molar-refractivity contribution in [3.8, 4) is 0 Å². The van der Waals surface area contributed by atoms with Gasteiger partial charge in [0.15, 0.2) is 0 Å². The lowest BCUT2D eigenvalue weighted by atomic mass is 10.0. The van der Waals surface area contributed by atoms with Crippen molar-refractivity contribution in [2.45, 2.75) is 109 Å². The van der Waals surface area contributed by atoms with Crippen LogP contribution in [0.25, 0.3) is 0 Å². The van der Waals surface area contributed by atoms with Crippen LogP contribution in [0.3, 0.4) is 0 Å². The number of hydrogen-bond donors (Lipinski definition) is 0. The first-order chi connectivity index (χ1) is 11.5.